The summed E-state index contributed by atoms with van der Waals surface area (Å²) in [4.78, 5) is 4.13. The second kappa shape index (κ2) is 5.50. The molecule has 0 aliphatic rings. The number of benzene rings is 2. The zero-order chi connectivity index (χ0) is 13.1. The highest BCUT2D eigenvalue weighted by atomic mass is 79.9. The Balaban J connectivity index is 2.31. The normalized spacial score (nSPS) is 11.1. The van der Waals surface area contributed by atoms with E-state index in [0.29, 0.717) is 20.7 Å². The van der Waals surface area contributed by atoms with Crippen molar-refractivity contribution in [2.24, 2.45) is 4.99 Å². The van der Waals surface area contributed by atoms with Crippen LogP contribution in [0.15, 0.2) is 45.9 Å². The van der Waals surface area contributed by atoms with Gasteiger partial charge in [0.05, 0.1) is 10.2 Å². The number of halogens is 3. The second-order valence-corrected chi connectivity index (χ2v) is 4.85. The molecule has 2 aromatic rings. The Morgan fingerprint density at radius 2 is 1.89 bits per heavy atom. The molecule has 0 aliphatic heterocycles. The third-order valence-electron chi connectivity index (χ3n) is 2.24. The molecular weight excluding hydrogens is 321 g/mol. The number of phenolic OH excluding ortho intramolecular Hbond substituents is 1. The van der Waals surface area contributed by atoms with E-state index in [-0.39, 0.29) is 11.6 Å². The third-order valence-corrected chi connectivity index (χ3v) is 3.06. The molecule has 2 rings (SSSR count). The van der Waals surface area contributed by atoms with E-state index in [0.717, 1.165) is 0 Å². The van der Waals surface area contributed by atoms with Crippen molar-refractivity contribution >= 4 is 39.4 Å². The molecule has 18 heavy (non-hydrogen) atoms. The highest BCUT2D eigenvalue weighted by Crippen LogP contribution is 2.30. The van der Waals surface area contributed by atoms with Crippen LogP contribution in [0.3, 0.4) is 0 Å². The molecule has 0 atom stereocenters. The molecule has 5 heteroatoms. The number of rotatable bonds is 2. The predicted molar refractivity (Wildman–Crippen MR) is 74.5 cm³/mol. The average molecular weight is 329 g/mol. The quantitative estimate of drug-likeness (QED) is 0.796. The molecule has 0 aromatic heterocycles. The maximum atomic E-state index is 12.7. The van der Waals surface area contributed by atoms with Gasteiger partial charge in [0, 0.05) is 16.8 Å². The summed E-state index contributed by atoms with van der Waals surface area (Å²) in [6.07, 6.45) is 1.47. The molecule has 0 amide bonds. The van der Waals surface area contributed by atoms with Crippen molar-refractivity contribution in [2.75, 3.05) is 0 Å². The summed E-state index contributed by atoms with van der Waals surface area (Å²) >= 11 is 9.06. The van der Waals surface area contributed by atoms with Crippen molar-refractivity contribution in [2.45, 2.75) is 0 Å². The van der Waals surface area contributed by atoms with Crippen LogP contribution in [0.2, 0.25) is 5.02 Å². The number of aliphatic imine (C=N–C) groups is 1. The molecule has 0 aliphatic carbocycles. The molecule has 0 spiro atoms. The van der Waals surface area contributed by atoms with E-state index in [2.05, 4.69) is 20.9 Å². The lowest BCUT2D eigenvalue weighted by atomic mass is 10.2. The first kappa shape index (κ1) is 13.1. The van der Waals surface area contributed by atoms with Crippen LogP contribution in [-0.4, -0.2) is 11.3 Å². The van der Waals surface area contributed by atoms with E-state index in [1.54, 1.807) is 24.3 Å². The summed E-state index contributed by atoms with van der Waals surface area (Å²) in [7, 11) is 0. The molecule has 1 N–H and O–H groups in total. The van der Waals surface area contributed by atoms with Gasteiger partial charge in [0.25, 0.3) is 0 Å². The van der Waals surface area contributed by atoms with Gasteiger partial charge in [0.15, 0.2) is 0 Å². The smallest absolute Gasteiger partial charge is 0.138 e. The number of nitrogens with zero attached hydrogens (tertiary/aromatic N) is 1. The van der Waals surface area contributed by atoms with E-state index in [1.807, 2.05) is 0 Å². The summed E-state index contributed by atoms with van der Waals surface area (Å²) in [5.74, 6) is -0.257. The zero-order valence-corrected chi connectivity index (χ0v) is 11.4. The Kier molecular flexibility index (Phi) is 3.99. The Bertz CT molecular complexity index is 599. The van der Waals surface area contributed by atoms with Gasteiger partial charge in [-0.2, -0.15) is 0 Å². The van der Waals surface area contributed by atoms with Crippen molar-refractivity contribution in [3.63, 3.8) is 0 Å². The fourth-order valence-corrected chi connectivity index (χ4v) is 2.19. The van der Waals surface area contributed by atoms with Gasteiger partial charge in [-0.25, -0.2) is 4.39 Å². The van der Waals surface area contributed by atoms with Crippen molar-refractivity contribution in [1.29, 1.82) is 0 Å². The summed E-state index contributed by atoms with van der Waals surface area (Å²) in [6, 6.07) is 8.91. The molecule has 0 saturated heterocycles. The van der Waals surface area contributed by atoms with Crippen LogP contribution >= 0.6 is 27.5 Å². The van der Waals surface area contributed by atoms with E-state index in [4.69, 9.17) is 11.6 Å². The fraction of sp³-hybridized carbons (Fsp3) is 0. The molecule has 0 radical (unpaired) electrons. The number of hydrogen-bond acceptors (Lipinski definition) is 2. The lowest BCUT2D eigenvalue weighted by Gasteiger charge is -2.02. The Hall–Kier alpha value is -1.39. The van der Waals surface area contributed by atoms with E-state index in [9.17, 15) is 9.50 Å². The van der Waals surface area contributed by atoms with Gasteiger partial charge in [-0.05, 0) is 52.3 Å². The highest BCUT2D eigenvalue weighted by Gasteiger charge is 2.05. The summed E-state index contributed by atoms with van der Waals surface area (Å²) in [5.41, 5.74) is 1.07. The summed E-state index contributed by atoms with van der Waals surface area (Å²) < 4.78 is 13.2. The summed E-state index contributed by atoms with van der Waals surface area (Å²) in [5, 5.41) is 10.3. The molecule has 2 nitrogen and oxygen atoms in total. The first-order valence-corrected chi connectivity index (χ1v) is 6.21. The van der Waals surface area contributed by atoms with E-state index < -0.39 is 0 Å². The lowest BCUT2D eigenvalue weighted by Crippen LogP contribution is -1.84. The molecule has 2 aromatic carbocycles. The maximum Gasteiger partial charge on any atom is 0.138 e. The van der Waals surface area contributed by atoms with E-state index >= 15 is 0 Å². The lowest BCUT2D eigenvalue weighted by molar-refractivity contribution is 0.471. The standard InChI is InChI=1S/C13H8BrClFNO/c14-12-6-9(15)5-8(13(12)18)7-17-11-3-1-10(16)2-4-11/h1-7,18H. The molecule has 0 unspecified atom stereocenters. The van der Waals surface area contributed by atoms with Crippen LogP contribution in [-0.2, 0) is 0 Å². The van der Waals surface area contributed by atoms with Gasteiger partial charge in [-0.3, -0.25) is 4.99 Å². The Morgan fingerprint density at radius 1 is 1.22 bits per heavy atom. The Labute approximate surface area is 117 Å². The molecule has 0 fully saturated rings. The molecule has 0 bridgehead atoms. The van der Waals surface area contributed by atoms with Crippen molar-refractivity contribution in [3.05, 3.63) is 57.3 Å². The molecule has 92 valence electrons. The van der Waals surface area contributed by atoms with Gasteiger partial charge < -0.3 is 5.11 Å². The minimum atomic E-state index is -0.317. The Morgan fingerprint density at radius 3 is 2.56 bits per heavy atom. The third kappa shape index (κ3) is 3.09. The van der Waals surface area contributed by atoms with Gasteiger partial charge in [-0.15, -0.1) is 0 Å². The monoisotopic (exact) mass is 327 g/mol. The van der Waals surface area contributed by atoms with Crippen molar-refractivity contribution in [1.82, 2.24) is 0 Å². The molecule has 0 heterocycles. The van der Waals surface area contributed by atoms with Crippen molar-refractivity contribution < 1.29 is 9.50 Å². The number of aromatic hydroxyl groups is 1. The van der Waals surface area contributed by atoms with Gasteiger partial charge in [0.1, 0.15) is 11.6 Å². The second-order valence-electron chi connectivity index (χ2n) is 3.56. The number of hydrogen-bond donors (Lipinski definition) is 1. The van der Waals surface area contributed by atoms with E-state index in [1.165, 1.54) is 18.3 Å². The number of phenols is 1. The van der Waals surface area contributed by atoms with Crippen LogP contribution in [0.1, 0.15) is 5.56 Å². The predicted octanol–water partition coefficient (Wildman–Crippen LogP) is 4.70. The zero-order valence-electron chi connectivity index (χ0n) is 9.07. The highest BCUT2D eigenvalue weighted by molar-refractivity contribution is 9.10. The molecular formula is C13H8BrClFNO. The summed E-state index contributed by atoms with van der Waals surface area (Å²) in [6.45, 7) is 0. The average Bonchev–Trinajstić information content (AvgIpc) is 2.34. The van der Waals surface area contributed by atoms with Gasteiger partial charge in [-0.1, -0.05) is 11.6 Å². The maximum absolute atomic E-state index is 12.7. The fourth-order valence-electron chi connectivity index (χ4n) is 1.36. The molecule has 0 saturated carbocycles. The topological polar surface area (TPSA) is 32.6 Å². The van der Waals surface area contributed by atoms with Crippen molar-refractivity contribution in [3.8, 4) is 5.75 Å². The first-order valence-electron chi connectivity index (χ1n) is 5.04. The minimum absolute atomic E-state index is 0.0604. The SMILES string of the molecule is Oc1c(Br)cc(Cl)cc1C=Nc1ccc(F)cc1. The van der Waals surface area contributed by atoms with Crippen LogP contribution in [0.5, 0.6) is 5.75 Å². The largest absolute Gasteiger partial charge is 0.506 e. The van der Waals surface area contributed by atoms with Crippen LogP contribution < -0.4 is 0 Å². The minimum Gasteiger partial charge on any atom is -0.506 e. The first-order chi connectivity index (χ1) is 8.56. The van der Waals surface area contributed by atoms with Gasteiger partial charge in [0.2, 0.25) is 0 Å². The van der Waals surface area contributed by atoms with Gasteiger partial charge >= 0.3 is 0 Å². The van der Waals surface area contributed by atoms with Crippen LogP contribution in [0.4, 0.5) is 10.1 Å². The van der Waals surface area contributed by atoms with Crippen LogP contribution in [0, 0.1) is 5.82 Å². The van der Waals surface area contributed by atoms with Crippen LogP contribution in [0.25, 0.3) is 0 Å².